The van der Waals surface area contributed by atoms with Gasteiger partial charge in [0, 0.05) is 11.0 Å². The summed E-state index contributed by atoms with van der Waals surface area (Å²) in [6.45, 7) is 0. The number of hydrogen-bond acceptors (Lipinski definition) is 3. The maximum atomic E-state index is 12.8. The van der Waals surface area contributed by atoms with E-state index in [0.717, 1.165) is 0 Å². The van der Waals surface area contributed by atoms with Crippen molar-refractivity contribution in [1.29, 1.82) is 0 Å². The molecule has 0 saturated heterocycles. The van der Waals surface area contributed by atoms with E-state index in [-0.39, 0.29) is 11.4 Å². The van der Waals surface area contributed by atoms with Crippen LogP contribution in [0.25, 0.3) is 0 Å². The van der Waals surface area contributed by atoms with Crippen molar-refractivity contribution in [2.75, 3.05) is 0 Å². The van der Waals surface area contributed by atoms with Crippen LogP contribution in [-0.2, 0) is 16.6 Å². The van der Waals surface area contributed by atoms with E-state index in [2.05, 4.69) is 15.9 Å². The molecule has 0 aliphatic heterocycles. The van der Waals surface area contributed by atoms with Crippen molar-refractivity contribution >= 4 is 32.4 Å². The van der Waals surface area contributed by atoms with E-state index in [1.54, 1.807) is 12.1 Å². The van der Waals surface area contributed by atoms with Crippen LogP contribution in [0.15, 0.2) is 51.8 Å². The van der Waals surface area contributed by atoms with Crippen LogP contribution in [-0.4, -0.2) is 9.13 Å². The summed E-state index contributed by atoms with van der Waals surface area (Å²) in [6, 6.07) is 9.92. The molecule has 0 saturated carbocycles. The van der Waals surface area contributed by atoms with Gasteiger partial charge in [-0.05, 0) is 45.8 Å². The van der Waals surface area contributed by atoms with E-state index < -0.39 is 21.5 Å². The fourth-order valence-corrected chi connectivity index (χ4v) is 3.49. The molecular weight excluding hydrogens is 349 g/mol. The molecule has 4 nitrogen and oxygen atoms in total. The largest absolute Gasteiger partial charge is 0.283 e. The molecule has 0 aromatic heterocycles. The third-order valence-electron chi connectivity index (χ3n) is 2.62. The molecule has 2 rings (SSSR count). The first-order chi connectivity index (χ1) is 9.49. The third kappa shape index (κ3) is 3.29. The van der Waals surface area contributed by atoms with Gasteiger partial charge in [0.2, 0.25) is 0 Å². The average molecular weight is 358 g/mol. The first-order valence-electron chi connectivity index (χ1n) is 5.55. The minimum atomic E-state index is -1.39. The first-order valence-corrected chi connectivity index (χ1v) is 7.66. The fourth-order valence-electron chi connectivity index (χ4n) is 1.63. The number of halogens is 2. The van der Waals surface area contributed by atoms with E-state index in [9.17, 15) is 18.7 Å². The zero-order valence-electron chi connectivity index (χ0n) is 10.1. The minimum absolute atomic E-state index is 0.0707. The van der Waals surface area contributed by atoms with E-state index in [0.29, 0.717) is 14.9 Å². The molecule has 1 atom stereocenters. The molecule has 0 radical (unpaired) electrons. The summed E-state index contributed by atoms with van der Waals surface area (Å²) < 4.78 is 25.3. The summed E-state index contributed by atoms with van der Waals surface area (Å²) in [5, 5.41) is 10.8. The van der Waals surface area contributed by atoms with Crippen LogP contribution in [0.3, 0.4) is 0 Å². The average Bonchev–Trinajstić information content (AvgIpc) is 2.41. The van der Waals surface area contributed by atoms with Crippen LogP contribution in [0, 0.1) is 15.9 Å². The van der Waals surface area contributed by atoms with Gasteiger partial charge in [0.15, 0.2) is 0 Å². The number of hydrogen-bond donors (Lipinski definition) is 0. The lowest BCUT2D eigenvalue weighted by Gasteiger charge is -2.05. The molecule has 2 aromatic rings. The number of nitrogens with zero attached hydrogens (tertiary/aromatic N) is 1. The number of nitro benzene ring substituents is 1. The molecule has 104 valence electrons. The van der Waals surface area contributed by atoms with Gasteiger partial charge in [0.05, 0.1) is 25.9 Å². The molecule has 0 aliphatic rings. The van der Waals surface area contributed by atoms with Gasteiger partial charge in [0.1, 0.15) is 5.82 Å². The molecule has 0 bridgehead atoms. The molecule has 20 heavy (non-hydrogen) atoms. The fraction of sp³-hybridized carbons (Fsp3) is 0.0769. The molecule has 0 aliphatic carbocycles. The monoisotopic (exact) mass is 357 g/mol. The lowest BCUT2D eigenvalue weighted by atomic mass is 10.2. The highest BCUT2D eigenvalue weighted by molar-refractivity contribution is 9.10. The predicted molar refractivity (Wildman–Crippen MR) is 77.3 cm³/mol. The van der Waals surface area contributed by atoms with Crippen molar-refractivity contribution in [2.45, 2.75) is 10.6 Å². The van der Waals surface area contributed by atoms with Crippen LogP contribution in [0.5, 0.6) is 0 Å². The summed E-state index contributed by atoms with van der Waals surface area (Å²) in [6.07, 6.45) is 0. The van der Waals surface area contributed by atoms with Crippen molar-refractivity contribution in [3.63, 3.8) is 0 Å². The van der Waals surface area contributed by atoms with Gasteiger partial charge in [-0.3, -0.25) is 14.3 Å². The number of rotatable bonds is 4. The quantitative estimate of drug-likeness (QED) is 0.617. The van der Waals surface area contributed by atoms with Crippen molar-refractivity contribution in [3.8, 4) is 0 Å². The zero-order chi connectivity index (χ0) is 14.7. The Balaban J connectivity index is 2.26. The molecular formula is C13H9BrFNO3S. The highest BCUT2D eigenvalue weighted by Crippen LogP contribution is 2.29. The molecule has 0 fully saturated rings. The Hall–Kier alpha value is -1.60. The molecule has 0 N–H and O–H groups in total. The van der Waals surface area contributed by atoms with Gasteiger partial charge in [-0.1, -0.05) is 12.1 Å². The summed E-state index contributed by atoms with van der Waals surface area (Å²) in [5.41, 5.74) is 0.500. The van der Waals surface area contributed by atoms with Crippen molar-refractivity contribution < 1.29 is 13.5 Å². The number of benzene rings is 2. The van der Waals surface area contributed by atoms with Gasteiger partial charge in [-0.25, -0.2) is 4.39 Å². The first kappa shape index (κ1) is 14.8. The Morgan fingerprint density at radius 1 is 1.20 bits per heavy atom. The lowest BCUT2D eigenvalue weighted by molar-refractivity contribution is -0.385. The summed E-state index contributed by atoms with van der Waals surface area (Å²) in [5.74, 6) is -0.282. The summed E-state index contributed by atoms with van der Waals surface area (Å²) in [7, 11) is -1.39. The Morgan fingerprint density at radius 2 is 1.85 bits per heavy atom. The molecule has 1 unspecified atom stereocenters. The van der Waals surface area contributed by atoms with Crippen LogP contribution in [0.2, 0.25) is 0 Å². The molecule has 0 amide bonds. The highest BCUT2D eigenvalue weighted by atomic mass is 79.9. The summed E-state index contributed by atoms with van der Waals surface area (Å²) in [4.78, 5) is 10.8. The van der Waals surface area contributed by atoms with E-state index >= 15 is 0 Å². The Kier molecular flexibility index (Phi) is 4.61. The van der Waals surface area contributed by atoms with Crippen LogP contribution in [0.4, 0.5) is 10.1 Å². The topological polar surface area (TPSA) is 60.2 Å². The van der Waals surface area contributed by atoms with Crippen LogP contribution in [0.1, 0.15) is 5.56 Å². The van der Waals surface area contributed by atoms with Crippen LogP contribution >= 0.6 is 15.9 Å². The molecule has 2 aromatic carbocycles. The normalized spacial score (nSPS) is 12.1. The van der Waals surface area contributed by atoms with Crippen molar-refractivity contribution in [3.05, 3.63) is 68.4 Å². The van der Waals surface area contributed by atoms with E-state index in [1.807, 2.05) is 0 Å². The van der Waals surface area contributed by atoms with E-state index in [4.69, 9.17) is 0 Å². The van der Waals surface area contributed by atoms with Gasteiger partial charge < -0.3 is 0 Å². The highest BCUT2D eigenvalue weighted by Gasteiger charge is 2.16. The second-order valence-electron chi connectivity index (χ2n) is 3.95. The lowest BCUT2D eigenvalue weighted by Crippen LogP contribution is -1.99. The van der Waals surface area contributed by atoms with Crippen LogP contribution < -0.4 is 0 Å². The van der Waals surface area contributed by atoms with E-state index in [1.165, 1.54) is 30.3 Å². The maximum absolute atomic E-state index is 12.8. The Morgan fingerprint density at radius 3 is 2.45 bits per heavy atom. The SMILES string of the molecule is O=[N+]([O-])c1cccc(CS(=O)c2ccc(F)cc2)c1Br. The second-order valence-corrected chi connectivity index (χ2v) is 6.20. The maximum Gasteiger partial charge on any atom is 0.283 e. The minimum Gasteiger partial charge on any atom is -0.258 e. The third-order valence-corrected chi connectivity index (χ3v) is 4.90. The second kappa shape index (κ2) is 6.23. The van der Waals surface area contributed by atoms with Gasteiger partial charge >= 0.3 is 0 Å². The Bertz CT molecular complexity index is 676. The summed E-state index contributed by atoms with van der Waals surface area (Å²) >= 11 is 3.16. The number of nitro groups is 1. The van der Waals surface area contributed by atoms with Gasteiger partial charge in [0.25, 0.3) is 5.69 Å². The van der Waals surface area contributed by atoms with Gasteiger partial charge in [-0.15, -0.1) is 0 Å². The molecule has 7 heteroatoms. The van der Waals surface area contributed by atoms with Crippen molar-refractivity contribution in [2.24, 2.45) is 0 Å². The van der Waals surface area contributed by atoms with Crippen molar-refractivity contribution in [1.82, 2.24) is 0 Å². The predicted octanol–water partition coefficient (Wildman–Crippen LogP) is 3.80. The Labute approximate surface area is 125 Å². The standard InChI is InChI=1S/C13H9BrFNO3S/c14-13-9(2-1-3-12(13)16(17)18)8-20(19)11-6-4-10(15)5-7-11/h1-7H,8H2. The smallest absolute Gasteiger partial charge is 0.258 e. The molecule has 0 heterocycles. The molecule has 0 spiro atoms. The zero-order valence-corrected chi connectivity index (χ0v) is 12.5. The van der Waals surface area contributed by atoms with Gasteiger partial charge in [-0.2, -0.15) is 0 Å².